The number of nitrogens with one attached hydrogen (secondary N) is 1. The van der Waals surface area contributed by atoms with Crippen LogP contribution < -0.4 is 5.32 Å². The predicted molar refractivity (Wildman–Crippen MR) is 117 cm³/mol. The van der Waals surface area contributed by atoms with Gasteiger partial charge in [0.25, 0.3) is 5.91 Å². The molecule has 3 aromatic rings. The van der Waals surface area contributed by atoms with E-state index in [9.17, 15) is 9.59 Å². The zero-order valence-electron chi connectivity index (χ0n) is 16.1. The van der Waals surface area contributed by atoms with E-state index in [-0.39, 0.29) is 11.8 Å². The van der Waals surface area contributed by atoms with Crippen molar-refractivity contribution in [3.8, 4) is 0 Å². The van der Waals surface area contributed by atoms with Crippen LogP contribution in [-0.2, 0) is 11.3 Å². The van der Waals surface area contributed by atoms with E-state index < -0.39 is 6.04 Å². The zero-order chi connectivity index (χ0) is 21.1. The molecule has 8 heteroatoms. The highest BCUT2D eigenvalue weighted by Gasteiger charge is 2.34. The molecule has 1 unspecified atom stereocenters. The first-order chi connectivity index (χ1) is 14.5. The lowest BCUT2D eigenvalue weighted by atomic mass is 10.1. The lowest BCUT2D eigenvalue weighted by Gasteiger charge is -2.24. The SMILES string of the molecule is O=C(Nc1cnn(Cc2ccccc2)c1)C1CCCN1C(=O)c1cc(Cl)cc(Cl)c1. The van der Waals surface area contributed by atoms with Gasteiger partial charge in [0.05, 0.1) is 18.4 Å². The Morgan fingerprint density at radius 1 is 1.10 bits per heavy atom. The normalized spacial score (nSPS) is 15.9. The molecule has 0 saturated carbocycles. The monoisotopic (exact) mass is 442 g/mol. The second-order valence-electron chi connectivity index (χ2n) is 7.22. The molecule has 1 fully saturated rings. The van der Waals surface area contributed by atoms with Crippen LogP contribution in [0, 0.1) is 0 Å². The molecule has 1 aliphatic rings. The summed E-state index contributed by atoms with van der Waals surface area (Å²) in [6.07, 6.45) is 4.75. The third-order valence-corrected chi connectivity index (χ3v) is 5.45. The number of rotatable bonds is 5. The van der Waals surface area contributed by atoms with Gasteiger partial charge in [-0.25, -0.2) is 0 Å². The number of hydrogen-bond donors (Lipinski definition) is 1. The van der Waals surface area contributed by atoms with Crippen molar-refractivity contribution in [2.24, 2.45) is 0 Å². The predicted octanol–water partition coefficient (Wildman–Crippen LogP) is 4.48. The fourth-order valence-electron chi connectivity index (χ4n) is 3.64. The van der Waals surface area contributed by atoms with Crippen molar-refractivity contribution in [1.29, 1.82) is 0 Å². The number of hydrogen-bond acceptors (Lipinski definition) is 3. The van der Waals surface area contributed by atoms with Gasteiger partial charge in [-0.3, -0.25) is 14.3 Å². The number of aromatic nitrogens is 2. The fourth-order valence-corrected chi connectivity index (χ4v) is 4.16. The Morgan fingerprint density at radius 2 is 1.83 bits per heavy atom. The van der Waals surface area contributed by atoms with Crippen LogP contribution >= 0.6 is 23.2 Å². The summed E-state index contributed by atoms with van der Waals surface area (Å²) < 4.78 is 1.76. The van der Waals surface area contributed by atoms with Crippen molar-refractivity contribution in [2.75, 3.05) is 11.9 Å². The van der Waals surface area contributed by atoms with Crippen LogP contribution in [0.2, 0.25) is 10.0 Å². The minimum Gasteiger partial charge on any atom is -0.327 e. The Morgan fingerprint density at radius 3 is 2.57 bits per heavy atom. The lowest BCUT2D eigenvalue weighted by Crippen LogP contribution is -2.43. The van der Waals surface area contributed by atoms with Crippen molar-refractivity contribution >= 4 is 40.7 Å². The highest BCUT2D eigenvalue weighted by molar-refractivity contribution is 6.35. The number of benzene rings is 2. The smallest absolute Gasteiger partial charge is 0.254 e. The molecule has 1 aromatic heterocycles. The second kappa shape index (κ2) is 8.90. The van der Waals surface area contributed by atoms with Gasteiger partial charge >= 0.3 is 0 Å². The molecule has 154 valence electrons. The Bertz CT molecular complexity index is 1050. The van der Waals surface area contributed by atoms with Crippen LogP contribution in [0.3, 0.4) is 0 Å². The molecule has 0 radical (unpaired) electrons. The number of nitrogens with zero attached hydrogens (tertiary/aromatic N) is 3. The van der Waals surface area contributed by atoms with Crippen LogP contribution in [0.25, 0.3) is 0 Å². The van der Waals surface area contributed by atoms with Gasteiger partial charge in [-0.2, -0.15) is 5.10 Å². The van der Waals surface area contributed by atoms with Gasteiger partial charge in [0.2, 0.25) is 5.91 Å². The van der Waals surface area contributed by atoms with Crippen LogP contribution in [0.1, 0.15) is 28.8 Å². The average Bonchev–Trinajstić information content (AvgIpc) is 3.37. The molecule has 1 saturated heterocycles. The van der Waals surface area contributed by atoms with E-state index >= 15 is 0 Å². The number of halogens is 2. The summed E-state index contributed by atoms with van der Waals surface area (Å²) in [5.74, 6) is -0.481. The van der Waals surface area contributed by atoms with E-state index in [1.807, 2.05) is 30.3 Å². The van der Waals surface area contributed by atoms with Gasteiger partial charge in [-0.15, -0.1) is 0 Å². The second-order valence-corrected chi connectivity index (χ2v) is 8.09. The van der Waals surface area contributed by atoms with Gasteiger partial charge in [-0.1, -0.05) is 53.5 Å². The molecule has 2 aromatic carbocycles. The molecule has 0 aliphatic carbocycles. The summed E-state index contributed by atoms with van der Waals surface area (Å²) in [7, 11) is 0. The third-order valence-electron chi connectivity index (χ3n) is 5.01. The molecule has 2 amide bonds. The summed E-state index contributed by atoms with van der Waals surface area (Å²) in [5.41, 5.74) is 2.09. The van der Waals surface area contributed by atoms with Gasteiger partial charge < -0.3 is 10.2 Å². The Balaban J connectivity index is 1.43. The molecule has 1 aliphatic heterocycles. The summed E-state index contributed by atoms with van der Waals surface area (Å²) in [5, 5.41) is 7.96. The summed E-state index contributed by atoms with van der Waals surface area (Å²) >= 11 is 12.0. The minimum absolute atomic E-state index is 0.228. The van der Waals surface area contributed by atoms with Crippen molar-refractivity contribution in [1.82, 2.24) is 14.7 Å². The largest absolute Gasteiger partial charge is 0.327 e. The number of anilines is 1. The summed E-state index contributed by atoms with van der Waals surface area (Å²) in [6, 6.07) is 14.1. The third kappa shape index (κ3) is 4.66. The van der Waals surface area contributed by atoms with Crippen molar-refractivity contribution in [3.63, 3.8) is 0 Å². The first kappa shape index (κ1) is 20.4. The maximum absolute atomic E-state index is 12.9. The van der Waals surface area contributed by atoms with E-state index in [1.54, 1.807) is 40.2 Å². The van der Waals surface area contributed by atoms with E-state index in [1.165, 1.54) is 0 Å². The molecule has 1 atom stereocenters. The molecule has 6 nitrogen and oxygen atoms in total. The Hall–Kier alpha value is -2.83. The lowest BCUT2D eigenvalue weighted by molar-refractivity contribution is -0.119. The van der Waals surface area contributed by atoms with E-state index in [0.29, 0.717) is 40.8 Å². The van der Waals surface area contributed by atoms with Crippen LogP contribution in [0.15, 0.2) is 60.9 Å². The van der Waals surface area contributed by atoms with Gasteiger partial charge in [0, 0.05) is 28.4 Å². The maximum atomic E-state index is 12.9. The average molecular weight is 443 g/mol. The number of likely N-dealkylation sites (tertiary alicyclic amines) is 1. The van der Waals surface area contributed by atoms with Crippen LogP contribution in [0.4, 0.5) is 5.69 Å². The molecular weight excluding hydrogens is 423 g/mol. The molecule has 1 N–H and O–H groups in total. The maximum Gasteiger partial charge on any atom is 0.254 e. The minimum atomic E-state index is -0.548. The first-order valence-electron chi connectivity index (χ1n) is 9.64. The number of carbonyl (C=O) groups excluding carboxylic acids is 2. The molecule has 2 heterocycles. The van der Waals surface area contributed by atoms with Crippen molar-refractivity contribution < 1.29 is 9.59 Å². The van der Waals surface area contributed by atoms with Crippen LogP contribution in [0.5, 0.6) is 0 Å². The molecular formula is C22H20Cl2N4O2. The van der Waals surface area contributed by atoms with Gasteiger partial charge in [0.1, 0.15) is 6.04 Å². The van der Waals surface area contributed by atoms with Crippen molar-refractivity contribution in [2.45, 2.75) is 25.4 Å². The Kier molecular flexibility index (Phi) is 6.06. The zero-order valence-corrected chi connectivity index (χ0v) is 17.6. The van der Waals surface area contributed by atoms with Crippen molar-refractivity contribution in [3.05, 3.63) is 82.1 Å². The first-order valence-corrected chi connectivity index (χ1v) is 10.4. The topological polar surface area (TPSA) is 67.2 Å². The molecule has 0 bridgehead atoms. The number of carbonyl (C=O) groups is 2. The quantitative estimate of drug-likeness (QED) is 0.632. The highest BCUT2D eigenvalue weighted by Crippen LogP contribution is 2.25. The van der Waals surface area contributed by atoms with E-state index in [2.05, 4.69) is 10.4 Å². The molecule has 0 spiro atoms. The standard InChI is InChI=1S/C22H20Cl2N4O2/c23-17-9-16(10-18(24)11-17)22(30)28-8-4-7-20(28)21(29)26-19-12-25-27(14-19)13-15-5-2-1-3-6-15/h1-3,5-6,9-12,14,20H,4,7-8,13H2,(H,26,29). The number of amides is 2. The van der Waals surface area contributed by atoms with E-state index in [4.69, 9.17) is 23.2 Å². The summed E-state index contributed by atoms with van der Waals surface area (Å²) in [6.45, 7) is 1.12. The molecule has 30 heavy (non-hydrogen) atoms. The Labute approximate surface area is 184 Å². The van der Waals surface area contributed by atoms with E-state index in [0.717, 1.165) is 12.0 Å². The fraction of sp³-hybridized carbons (Fsp3) is 0.227. The summed E-state index contributed by atoms with van der Waals surface area (Å²) in [4.78, 5) is 27.4. The van der Waals surface area contributed by atoms with Crippen LogP contribution in [-0.4, -0.2) is 39.1 Å². The van der Waals surface area contributed by atoms with Gasteiger partial charge in [-0.05, 0) is 36.6 Å². The highest BCUT2D eigenvalue weighted by atomic mass is 35.5. The van der Waals surface area contributed by atoms with Gasteiger partial charge in [0.15, 0.2) is 0 Å². The molecule has 4 rings (SSSR count).